The van der Waals surface area contributed by atoms with Crippen LogP contribution in [-0.2, 0) is 9.53 Å². The van der Waals surface area contributed by atoms with E-state index >= 15 is 0 Å². The van der Waals surface area contributed by atoms with E-state index in [4.69, 9.17) is 9.47 Å². The molecule has 5 heteroatoms. The van der Waals surface area contributed by atoms with Gasteiger partial charge in [0.05, 0.1) is 11.1 Å². The molecule has 1 aromatic carbocycles. The lowest BCUT2D eigenvalue weighted by Crippen LogP contribution is -2.28. The fourth-order valence-corrected chi connectivity index (χ4v) is 1.70. The van der Waals surface area contributed by atoms with Crippen LogP contribution in [0, 0.1) is 5.82 Å². The Morgan fingerprint density at radius 1 is 1.47 bits per heavy atom. The van der Waals surface area contributed by atoms with Crippen LogP contribution in [0.3, 0.4) is 0 Å². The summed E-state index contributed by atoms with van der Waals surface area (Å²) in [6, 6.07) is 4.03. The first-order chi connectivity index (χ1) is 8.08. The first-order valence-electron chi connectivity index (χ1n) is 5.36. The summed E-state index contributed by atoms with van der Waals surface area (Å²) >= 11 is 3.18. The third-order valence-corrected chi connectivity index (χ3v) is 2.70. The molecule has 1 atom stereocenters. The summed E-state index contributed by atoms with van der Waals surface area (Å²) in [6.45, 7) is 3.86. The van der Waals surface area contributed by atoms with Crippen molar-refractivity contribution in [2.24, 2.45) is 0 Å². The maximum absolute atomic E-state index is 12.9. The highest BCUT2D eigenvalue weighted by molar-refractivity contribution is 9.10. The van der Waals surface area contributed by atoms with Gasteiger partial charge in [-0.05, 0) is 47.5 Å². The van der Waals surface area contributed by atoms with Crippen molar-refractivity contribution in [2.45, 2.75) is 26.4 Å². The number of hydrogen-bond donors (Lipinski definition) is 0. The van der Waals surface area contributed by atoms with Crippen LogP contribution < -0.4 is 4.74 Å². The van der Waals surface area contributed by atoms with E-state index in [0.29, 0.717) is 23.2 Å². The zero-order valence-corrected chi connectivity index (χ0v) is 11.3. The van der Waals surface area contributed by atoms with Crippen LogP contribution in [0.15, 0.2) is 22.7 Å². The summed E-state index contributed by atoms with van der Waals surface area (Å²) in [5, 5.41) is 0. The van der Waals surface area contributed by atoms with E-state index in [9.17, 15) is 9.18 Å². The molecule has 0 saturated carbocycles. The fourth-order valence-electron chi connectivity index (χ4n) is 1.26. The fraction of sp³-hybridized carbons (Fsp3) is 0.417. The van der Waals surface area contributed by atoms with Crippen molar-refractivity contribution in [1.82, 2.24) is 0 Å². The SMILES string of the molecule is CCOC(=O)C(CC)Oc1ccc(F)cc1Br. The van der Waals surface area contributed by atoms with E-state index < -0.39 is 12.1 Å². The maximum atomic E-state index is 12.9. The molecule has 0 spiro atoms. The van der Waals surface area contributed by atoms with Crippen LogP contribution in [0.2, 0.25) is 0 Å². The van der Waals surface area contributed by atoms with Gasteiger partial charge in [-0.25, -0.2) is 9.18 Å². The van der Waals surface area contributed by atoms with Crippen molar-refractivity contribution in [3.05, 3.63) is 28.5 Å². The Kier molecular flexibility index (Phi) is 5.41. The van der Waals surface area contributed by atoms with E-state index in [2.05, 4.69) is 15.9 Å². The molecule has 0 heterocycles. The van der Waals surface area contributed by atoms with E-state index in [1.54, 1.807) is 6.92 Å². The second-order valence-corrected chi connectivity index (χ2v) is 4.20. The van der Waals surface area contributed by atoms with Gasteiger partial charge in [-0.3, -0.25) is 0 Å². The average molecular weight is 305 g/mol. The molecular formula is C12H14BrFO3. The monoisotopic (exact) mass is 304 g/mol. The molecule has 0 aliphatic carbocycles. The summed E-state index contributed by atoms with van der Waals surface area (Å²) in [7, 11) is 0. The lowest BCUT2D eigenvalue weighted by atomic mass is 10.2. The largest absolute Gasteiger partial charge is 0.478 e. The van der Waals surface area contributed by atoms with Crippen molar-refractivity contribution in [2.75, 3.05) is 6.61 Å². The smallest absolute Gasteiger partial charge is 0.347 e. The number of halogens is 2. The van der Waals surface area contributed by atoms with Crippen molar-refractivity contribution in [1.29, 1.82) is 0 Å². The summed E-state index contributed by atoms with van der Waals surface area (Å²) in [4.78, 5) is 11.5. The molecule has 0 aliphatic rings. The molecule has 0 fully saturated rings. The Morgan fingerprint density at radius 3 is 2.71 bits per heavy atom. The van der Waals surface area contributed by atoms with Gasteiger partial charge in [0.15, 0.2) is 6.10 Å². The molecule has 0 aromatic heterocycles. The van der Waals surface area contributed by atoms with Gasteiger partial charge in [0.2, 0.25) is 0 Å². The van der Waals surface area contributed by atoms with E-state index in [1.807, 2.05) is 6.92 Å². The third kappa shape index (κ3) is 4.00. The Bertz CT molecular complexity index is 395. The zero-order valence-electron chi connectivity index (χ0n) is 9.70. The van der Waals surface area contributed by atoms with Crippen LogP contribution >= 0.6 is 15.9 Å². The van der Waals surface area contributed by atoms with E-state index in [0.717, 1.165) is 0 Å². The second kappa shape index (κ2) is 6.59. The van der Waals surface area contributed by atoms with Crippen molar-refractivity contribution >= 4 is 21.9 Å². The average Bonchev–Trinajstić information content (AvgIpc) is 2.28. The highest BCUT2D eigenvalue weighted by Crippen LogP contribution is 2.27. The molecule has 1 rings (SSSR count). The summed E-state index contributed by atoms with van der Waals surface area (Å²) in [5.74, 6) is -0.356. The van der Waals surface area contributed by atoms with Crippen molar-refractivity contribution in [3.8, 4) is 5.75 Å². The summed E-state index contributed by atoms with van der Waals surface area (Å²) in [6.07, 6.45) is -0.181. The minimum absolute atomic E-state index is 0.309. The highest BCUT2D eigenvalue weighted by atomic mass is 79.9. The van der Waals surface area contributed by atoms with Gasteiger partial charge >= 0.3 is 5.97 Å². The minimum Gasteiger partial charge on any atom is -0.478 e. The van der Waals surface area contributed by atoms with Gasteiger partial charge in [-0.1, -0.05) is 6.92 Å². The first kappa shape index (κ1) is 14.0. The number of carbonyl (C=O) groups excluding carboxylic acids is 1. The molecule has 3 nitrogen and oxygen atoms in total. The lowest BCUT2D eigenvalue weighted by Gasteiger charge is -2.16. The normalized spacial score (nSPS) is 12.0. The molecule has 1 aromatic rings. The molecule has 0 radical (unpaired) electrons. The Morgan fingerprint density at radius 2 is 2.18 bits per heavy atom. The standard InChI is InChI=1S/C12H14BrFO3/c1-3-10(12(15)16-4-2)17-11-6-5-8(14)7-9(11)13/h5-7,10H,3-4H2,1-2H3. The molecule has 0 N–H and O–H groups in total. The lowest BCUT2D eigenvalue weighted by molar-refractivity contribution is -0.151. The molecule has 17 heavy (non-hydrogen) atoms. The Balaban J connectivity index is 2.77. The molecule has 1 unspecified atom stereocenters. The van der Waals surface area contributed by atoms with Gasteiger partial charge < -0.3 is 9.47 Å². The molecule has 0 aliphatic heterocycles. The van der Waals surface area contributed by atoms with Gasteiger partial charge in [0, 0.05) is 0 Å². The number of carbonyl (C=O) groups is 1. The van der Waals surface area contributed by atoms with E-state index in [-0.39, 0.29) is 5.82 Å². The number of hydrogen-bond acceptors (Lipinski definition) is 3. The predicted molar refractivity (Wildman–Crippen MR) is 65.4 cm³/mol. The molecule has 94 valence electrons. The van der Waals surface area contributed by atoms with Crippen LogP contribution in [0.5, 0.6) is 5.75 Å². The molecule has 0 bridgehead atoms. The number of rotatable bonds is 5. The van der Waals surface area contributed by atoms with Gasteiger partial charge in [0.1, 0.15) is 11.6 Å². The molecule has 0 saturated heterocycles. The number of ether oxygens (including phenoxy) is 2. The third-order valence-electron chi connectivity index (χ3n) is 2.08. The van der Waals surface area contributed by atoms with Crippen LogP contribution in [-0.4, -0.2) is 18.7 Å². The summed E-state index contributed by atoms with van der Waals surface area (Å²) < 4.78 is 23.7. The first-order valence-corrected chi connectivity index (χ1v) is 6.16. The number of esters is 1. The van der Waals surface area contributed by atoms with Crippen molar-refractivity contribution < 1.29 is 18.7 Å². The number of benzene rings is 1. The quantitative estimate of drug-likeness (QED) is 0.783. The zero-order chi connectivity index (χ0) is 12.8. The molecular weight excluding hydrogens is 291 g/mol. The van der Waals surface area contributed by atoms with Crippen LogP contribution in [0.25, 0.3) is 0 Å². The Hall–Kier alpha value is -1.10. The second-order valence-electron chi connectivity index (χ2n) is 3.34. The topological polar surface area (TPSA) is 35.5 Å². The van der Waals surface area contributed by atoms with Gasteiger partial charge in [0.25, 0.3) is 0 Å². The maximum Gasteiger partial charge on any atom is 0.347 e. The van der Waals surface area contributed by atoms with Crippen LogP contribution in [0.1, 0.15) is 20.3 Å². The van der Waals surface area contributed by atoms with E-state index in [1.165, 1.54) is 18.2 Å². The molecule has 0 amide bonds. The highest BCUT2D eigenvalue weighted by Gasteiger charge is 2.20. The predicted octanol–water partition coefficient (Wildman–Crippen LogP) is 3.31. The van der Waals surface area contributed by atoms with Gasteiger partial charge in [-0.15, -0.1) is 0 Å². The van der Waals surface area contributed by atoms with Crippen molar-refractivity contribution in [3.63, 3.8) is 0 Å². The minimum atomic E-state index is -0.670. The van der Waals surface area contributed by atoms with Crippen LogP contribution in [0.4, 0.5) is 4.39 Å². The Labute approximate surface area is 108 Å². The van der Waals surface area contributed by atoms with Gasteiger partial charge in [-0.2, -0.15) is 0 Å². The summed E-state index contributed by atoms with van der Waals surface area (Å²) in [5.41, 5.74) is 0.